The Hall–Kier alpha value is -0.450. The summed E-state index contributed by atoms with van der Waals surface area (Å²) in [6, 6.07) is 3.94. The monoisotopic (exact) mass is 258 g/mol. The minimum Gasteiger partial charge on any atom is -0.385 e. The van der Waals surface area contributed by atoms with Crippen LogP contribution in [0.2, 0.25) is 5.02 Å². The summed E-state index contributed by atoms with van der Waals surface area (Å²) in [5, 5.41) is 5.00. The molecule has 1 atom stereocenters. The quantitative estimate of drug-likeness (QED) is 0.826. The maximum absolute atomic E-state index is 13.2. The molecule has 15 heavy (non-hydrogen) atoms. The molecule has 0 spiro atoms. The third kappa shape index (κ3) is 3.26. The predicted molar refractivity (Wildman–Crippen MR) is 51.9 cm³/mol. The number of aliphatic hydroxyl groups excluding tert-OH is 1. The summed E-state index contributed by atoms with van der Waals surface area (Å²) < 4.78 is 38.0. The van der Waals surface area contributed by atoms with E-state index in [4.69, 9.17) is 16.7 Å². The van der Waals surface area contributed by atoms with Gasteiger partial charge in [-0.1, -0.05) is 23.7 Å². The zero-order chi connectivity index (χ0) is 11.6. The van der Waals surface area contributed by atoms with Crippen LogP contribution in [-0.2, 0) is 6.42 Å². The Bertz CT molecular complexity index is 352. The molecule has 0 aliphatic carbocycles. The van der Waals surface area contributed by atoms with Crippen LogP contribution in [0.25, 0.3) is 0 Å². The average Bonchev–Trinajstić information content (AvgIpc) is 2.11. The van der Waals surface area contributed by atoms with E-state index in [1.807, 2.05) is 0 Å². The van der Waals surface area contributed by atoms with Gasteiger partial charge in [0.05, 0.1) is 5.02 Å². The van der Waals surface area contributed by atoms with Gasteiger partial charge in [0.2, 0.25) is 0 Å². The second-order valence-electron chi connectivity index (χ2n) is 2.97. The van der Waals surface area contributed by atoms with E-state index in [9.17, 15) is 13.2 Å². The molecule has 0 radical (unpaired) electrons. The number of rotatable bonds is 3. The molecule has 0 aromatic heterocycles. The van der Waals surface area contributed by atoms with Crippen molar-refractivity contribution in [1.29, 1.82) is 0 Å². The Morgan fingerprint density at radius 2 is 2.00 bits per heavy atom. The third-order valence-corrected chi connectivity index (χ3v) is 2.37. The number of alkyl halides is 3. The van der Waals surface area contributed by atoms with Gasteiger partial charge >= 0.3 is 5.38 Å². The molecule has 1 N–H and O–H groups in total. The van der Waals surface area contributed by atoms with Crippen LogP contribution in [0.3, 0.4) is 0 Å². The van der Waals surface area contributed by atoms with E-state index in [2.05, 4.69) is 11.6 Å². The van der Waals surface area contributed by atoms with Crippen molar-refractivity contribution < 1.29 is 18.3 Å². The molecule has 0 aliphatic rings. The maximum atomic E-state index is 13.2. The van der Waals surface area contributed by atoms with Crippen LogP contribution < -0.4 is 0 Å². The first-order valence-electron chi connectivity index (χ1n) is 4.00. The zero-order valence-corrected chi connectivity index (χ0v) is 8.87. The molecule has 84 valence electrons. The maximum Gasteiger partial charge on any atom is 0.347 e. The van der Waals surface area contributed by atoms with Gasteiger partial charge in [-0.15, -0.1) is 0 Å². The molecule has 0 bridgehead atoms. The standard InChI is InChI=1S/C9H7Cl2F3O/c10-6-3-1-2-5(8(6)12)4-7(15)9(11,13)14/h1-3,7,15H,4H2. The van der Waals surface area contributed by atoms with Gasteiger partial charge in [-0.05, 0) is 23.2 Å². The van der Waals surface area contributed by atoms with Gasteiger partial charge in [0.25, 0.3) is 0 Å². The molecule has 0 saturated carbocycles. The van der Waals surface area contributed by atoms with E-state index in [-0.39, 0.29) is 10.6 Å². The smallest absolute Gasteiger partial charge is 0.347 e. The molecular formula is C9H7Cl2F3O. The summed E-state index contributed by atoms with van der Waals surface area (Å²) in [5.74, 6) is -0.820. The summed E-state index contributed by atoms with van der Waals surface area (Å²) in [4.78, 5) is 0. The fraction of sp³-hybridized carbons (Fsp3) is 0.333. The van der Waals surface area contributed by atoms with E-state index < -0.39 is 23.7 Å². The molecule has 6 heteroatoms. The summed E-state index contributed by atoms with van der Waals surface area (Å²) in [6.07, 6.45) is -2.74. The summed E-state index contributed by atoms with van der Waals surface area (Å²) in [7, 11) is 0. The molecule has 1 aromatic carbocycles. The second-order valence-corrected chi connectivity index (χ2v) is 3.89. The van der Waals surface area contributed by atoms with E-state index in [1.54, 1.807) is 0 Å². The van der Waals surface area contributed by atoms with E-state index in [0.29, 0.717) is 0 Å². The van der Waals surface area contributed by atoms with Crippen molar-refractivity contribution in [1.82, 2.24) is 0 Å². The van der Waals surface area contributed by atoms with Crippen LogP contribution in [-0.4, -0.2) is 16.6 Å². The van der Waals surface area contributed by atoms with Crippen LogP contribution in [0.4, 0.5) is 13.2 Å². The lowest BCUT2D eigenvalue weighted by molar-refractivity contribution is -0.0400. The average molecular weight is 259 g/mol. The van der Waals surface area contributed by atoms with Crippen LogP contribution in [0, 0.1) is 5.82 Å². The molecule has 1 nitrogen and oxygen atoms in total. The summed E-state index contributed by atoms with van der Waals surface area (Å²) in [6.45, 7) is 0. The zero-order valence-electron chi connectivity index (χ0n) is 7.35. The fourth-order valence-electron chi connectivity index (χ4n) is 1.03. The fourth-order valence-corrected chi connectivity index (χ4v) is 1.30. The topological polar surface area (TPSA) is 20.2 Å². The Labute approximate surface area is 94.4 Å². The van der Waals surface area contributed by atoms with Crippen LogP contribution >= 0.6 is 23.2 Å². The number of aliphatic hydroxyl groups is 1. The van der Waals surface area contributed by atoms with E-state index in [0.717, 1.165) is 0 Å². The first kappa shape index (κ1) is 12.6. The second kappa shape index (κ2) is 4.60. The van der Waals surface area contributed by atoms with Gasteiger partial charge in [-0.2, -0.15) is 8.78 Å². The molecule has 1 aromatic rings. The molecule has 0 saturated heterocycles. The molecule has 0 aliphatic heterocycles. The van der Waals surface area contributed by atoms with Crippen molar-refractivity contribution >= 4 is 23.2 Å². The molecule has 1 rings (SSSR count). The van der Waals surface area contributed by atoms with Gasteiger partial charge in [0.1, 0.15) is 11.9 Å². The van der Waals surface area contributed by atoms with Crippen LogP contribution in [0.1, 0.15) is 5.56 Å². The number of benzene rings is 1. The number of halogens is 5. The van der Waals surface area contributed by atoms with Gasteiger partial charge in [0, 0.05) is 6.42 Å². The molecule has 0 heterocycles. The predicted octanol–water partition coefficient (Wildman–Crippen LogP) is 3.21. The summed E-state index contributed by atoms with van der Waals surface area (Å²) in [5.41, 5.74) is -0.102. The summed E-state index contributed by atoms with van der Waals surface area (Å²) >= 11 is 10.0. The van der Waals surface area contributed by atoms with E-state index >= 15 is 0 Å². The van der Waals surface area contributed by atoms with Crippen molar-refractivity contribution in [2.75, 3.05) is 0 Å². The highest BCUT2D eigenvalue weighted by Crippen LogP contribution is 2.27. The number of hydrogen-bond acceptors (Lipinski definition) is 1. The normalized spacial score (nSPS) is 14.0. The number of hydrogen-bond donors (Lipinski definition) is 1. The third-order valence-electron chi connectivity index (χ3n) is 1.82. The van der Waals surface area contributed by atoms with Crippen molar-refractivity contribution in [2.24, 2.45) is 0 Å². The Balaban J connectivity index is 2.86. The largest absolute Gasteiger partial charge is 0.385 e. The minimum atomic E-state index is -3.78. The molecule has 0 amide bonds. The Kier molecular flexibility index (Phi) is 3.87. The van der Waals surface area contributed by atoms with Crippen molar-refractivity contribution in [3.05, 3.63) is 34.6 Å². The highest BCUT2D eigenvalue weighted by Gasteiger charge is 2.36. The Morgan fingerprint density at radius 3 is 2.53 bits per heavy atom. The highest BCUT2D eigenvalue weighted by atomic mass is 35.5. The SMILES string of the molecule is OC(Cc1cccc(Cl)c1F)C(F)(F)Cl. The van der Waals surface area contributed by atoms with Gasteiger partial charge in [-0.3, -0.25) is 0 Å². The van der Waals surface area contributed by atoms with Crippen LogP contribution in [0.5, 0.6) is 0 Å². The van der Waals surface area contributed by atoms with Gasteiger partial charge < -0.3 is 5.11 Å². The van der Waals surface area contributed by atoms with E-state index in [1.165, 1.54) is 18.2 Å². The molecular weight excluding hydrogens is 252 g/mol. The van der Waals surface area contributed by atoms with Crippen molar-refractivity contribution in [2.45, 2.75) is 17.9 Å². The lowest BCUT2D eigenvalue weighted by Crippen LogP contribution is -2.29. The lowest BCUT2D eigenvalue weighted by atomic mass is 10.1. The van der Waals surface area contributed by atoms with Crippen molar-refractivity contribution in [3.8, 4) is 0 Å². The van der Waals surface area contributed by atoms with Crippen molar-refractivity contribution in [3.63, 3.8) is 0 Å². The van der Waals surface area contributed by atoms with Gasteiger partial charge in [0.15, 0.2) is 0 Å². The molecule has 1 unspecified atom stereocenters. The minimum absolute atomic E-state index is 0.102. The lowest BCUT2D eigenvalue weighted by Gasteiger charge is -2.16. The highest BCUT2D eigenvalue weighted by molar-refractivity contribution is 6.30. The van der Waals surface area contributed by atoms with Crippen LogP contribution in [0.15, 0.2) is 18.2 Å². The molecule has 0 fully saturated rings. The first-order valence-corrected chi connectivity index (χ1v) is 4.75. The Morgan fingerprint density at radius 1 is 1.40 bits per heavy atom. The first-order chi connectivity index (χ1) is 6.82. The van der Waals surface area contributed by atoms with Gasteiger partial charge in [-0.25, -0.2) is 4.39 Å².